The fourth-order valence-electron chi connectivity index (χ4n) is 7.36. The number of nitrogens with one attached hydrogen (secondary N) is 4. The van der Waals surface area contributed by atoms with Gasteiger partial charge >= 0.3 is 0 Å². The summed E-state index contributed by atoms with van der Waals surface area (Å²) in [7, 11) is -4.06. The number of carbonyl (C=O) groups excluding carboxylic acids is 1. The maximum Gasteiger partial charge on any atom is 0.253 e. The number of benzene rings is 4. The Balaban J connectivity index is 0.965. The molecule has 1 amide bonds. The van der Waals surface area contributed by atoms with E-state index in [1.165, 1.54) is 12.1 Å². The summed E-state index contributed by atoms with van der Waals surface area (Å²) in [5, 5.41) is 27.7. The van der Waals surface area contributed by atoms with Gasteiger partial charge in [-0.05, 0) is 96.0 Å². The monoisotopic (exact) mass is 912 g/mol. The highest BCUT2D eigenvalue weighted by atomic mass is 35.5. The van der Waals surface area contributed by atoms with Crippen molar-refractivity contribution in [1.29, 1.82) is 0 Å². The van der Waals surface area contributed by atoms with Crippen molar-refractivity contribution in [3.8, 4) is 0 Å². The van der Waals surface area contributed by atoms with Gasteiger partial charge < -0.3 is 25.3 Å². The van der Waals surface area contributed by atoms with Crippen LogP contribution < -0.4 is 20.1 Å². The van der Waals surface area contributed by atoms with Crippen molar-refractivity contribution in [1.82, 2.24) is 29.9 Å². The number of carbonyl (C=O) groups is 1. The predicted octanol–water partition coefficient (Wildman–Crippen LogP) is 4.10. The Morgan fingerprint density at radius 2 is 1.14 bits per heavy atom. The van der Waals surface area contributed by atoms with E-state index in [0.717, 1.165) is 33.4 Å². The van der Waals surface area contributed by atoms with Gasteiger partial charge in [0.2, 0.25) is 20.0 Å². The Labute approximate surface area is 358 Å². The molecular formula is C39H44Cl4N6O7S2. The lowest BCUT2D eigenvalue weighted by Gasteiger charge is -2.33. The van der Waals surface area contributed by atoms with Crippen LogP contribution in [-0.4, -0.2) is 108 Å². The van der Waals surface area contributed by atoms with Crippen LogP contribution in [0.4, 0.5) is 0 Å². The Bertz CT molecular complexity index is 2390. The SMILES string of the molecule is CN1Cc2c(Cl)cc(Cl)cc2[C@H](c2cccc(S(=O)(=O)NCCNC(=O)C(O)C(O)NCCNS(=O)(=O)c3cccc([C@@H]4CN(C)Cc5c(Cl)cc(Cl)cc54)c3)c2)C1. The number of aliphatic hydroxyl groups is 2. The number of hydrogen-bond donors (Lipinski definition) is 6. The third-order valence-electron chi connectivity index (χ3n) is 10.2. The molecule has 0 aromatic heterocycles. The Kier molecular flexibility index (Phi) is 14.5. The molecule has 4 aromatic carbocycles. The summed E-state index contributed by atoms with van der Waals surface area (Å²) < 4.78 is 57.8. The maximum atomic E-state index is 13.2. The standard InChI is InChI=1S/C39H44Cl4N6O7S2/c1-48-19-31(29-15-25(40)17-35(42)33(29)21-48)23-5-3-7-27(13-23)57(53,54)46-11-9-44-38(51)37(50)39(52)45-10-12-47-58(55,56)28-8-4-6-24(14-28)32-20-49(2)22-34-30(32)16-26(41)18-36(34)43/h3-8,13-18,31-32,37-38,44,46-47,50-51H,9-12,19-22H2,1-2H3,(H,45,52)/t31-,32-,37?,38?/m0/s1. The van der Waals surface area contributed by atoms with Crippen LogP contribution in [0.25, 0.3) is 0 Å². The molecule has 0 spiro atoms. The molecule has 0 saturated carbocycles. The minimum Gasteiger partial charge on any atom is -0.379 e. The zero-order chi connectivity index (χ0) is 41.9. The molecule has 0 saturated heterocycles. The lowest BCUT2D eigenvalue weighted by atomic mass is 9.85. The molecule has 2 unspecified atom stereocenters. The number of aliphatic hydroxyl groups excluding tert-OH is 2. The Hall–Kier alpha value is -2.87. The first kappa shape index (κ1) is 44.7. The molecule has 0 bridgehead atoms. The van der Waals surface area contributed by atoms with E-state index < -0.39 is 38.3 Å². The van der Waals surface area contributed by atoms with E-state index in [-0.39, 0.29) is 47.8 Å². The fraction of sp³-hybridized carbons (Fsp3) is 0.359. The second-order valence-electron chi connectivity index (χ2n) is 14.5. The minimum absolute atomic E-state index is 0.0285. The summed E-state index contributed by atoms with van der Waals surface area (Å²) in [6.45, 7) is 1.82. The normalized spacial score (nSPS) is 18.6. The molecule has 2 heterocycles. The van der Waals surface area contributed by atoms with E-state index in [4.69, 9.17) is 46.4 Å². The molecule has 19 heteroatoms. The largest absolute Gasteiger partial charge is 0.379 e. The summed E-state index contributed by atoms with van der Waals surface area (Å²) in [6.07, 6.45) is -3.68. The third-order valence-corrected chi connectivity index (χ3v) is 14.2. The lowest BCUT2D eigenvalue weighted by Crippen LogP contribution is -2.51. The van der Waals surface area contributed by atoms with Gasteiger partial charge in [0, 0.05) is 84.3 Å². The van der Waals surface area contributed by atoms with Gasteiger partial charge in [0.25, 0.3) is 5.91 Å². The first-order chi connectivity index (χ1) is 27.4. The van der Waals surface area contributed by atoms with Gasteiger partial charge in [-0.2, -0.15) is 0 Å². The van der Waals surface area contributed by atoms with Crippen molar-refractivity contribution < 1.29 is 31.8 Å². The molecule has 13 nitrogen and oxygen atoms in total. The minimum atomic E-state index is -3.99. The highest BCUT2D eigenvalue weighted by Crippen LogP contribution is 2.40. The number of halogens is 4. The second kappa shape index (κ2) is 18.8. The second-order valence-corrected chi connectivity index (χ2v) is 19.7. The van der Waals surface area contributed by atoms with E-state index in [1.54, 1.807) is 36.4 Å². The quantitative estimate of drug-likeness (QED) is 0.0752. The first-order valence-electron chi connectivity index (χ1n) is 18.3. The van der Waals surface area contributed by atoms with Crippen LogP contribution in [0.2, 0.25) is 20.1 Å². The van der Waals surface area contributed by atoms with Crippen molar-refractivity contribution in [2.75, 3.05) is 53.4 Å². The molecule has 0 radical (unpaired) electrons. The Morgan fingerprint density at radius 3 is 1.60 bits per heavy atom. The van der Waals surface area contributed by atoms with Crippen molar-refractivity contribution in [2.45, 2.75) is 47.0 Å². The van der Waals surface area contributed by atoms with Crippen LogP contribution in [0.15, 0.2) is 82.6 Å². The molecule has 0 fully saturated rings. The average molecular weight is 915 g/mol. The number of fused-ring (bicyclic) bond motifs is 2. The number of likely N-dealkylation sites (N-methyl/N-ethyl adjacent to an activating group) is 2. The van der Waals surface area contributed by atoms with Crippen LogP contribution in [0.1, 0.15) is 45.2 Å². The van der Waals surface area contributed by atoms with E-state index in [2.05, 4.69) is 29.9 Å². The number of rotatable bonds is 15. The van der Waals surface area contributed by atoms with Crippen molar-refractivity contribution in [2.24, 2.45) is 0 Å². The molecule has 6 N–H and O–H groups in total. The number of amides is 1. The van der Waals surface area contributed by atoms with Crippen LogP contribution in [0.5, 0.6) is 0 Å². The molecule has 4 aromatic rings. The van der Waals surface area contributed by atoms with Crippen molar-refractivity contribution >= 4 is 72.4 Å². The molecule has 0 aliphatic carbocycles. The highest BCUT2D eigenvalue weighted by molar-refractivity contribution is 7.89. The van der Waals surface area contributed by atoms with Crippen LogP contribution in [-0.2, 0) is 37.9 Å². The van der Waals surface area contributed by atoms with E-state index in [1.807, 2.05) is 38.4 Å². The average Bonchev–Trinajstić information content (AvgIpc) is 3.18. The van der Waals surface area contributed by atoms with E-state index in [0.29, 0.717) is 46.3 Å². The van der Waals surface area contributed by atoms with Crippen LogP contribution in [0.3, 0.4) is 0 Å². The lowest BCUT2D eigenvalue weighted by molar-refractivity contribution is -0.136. The first-order valence-corrected chi connectivity index (χ1v) is 22.8. The summed E-state index contributed by atoms with van der Waals surface area (Å²) in [5.41, 5.74) is 5.28. The third kappa shape index (κ3) is 10.5. The van der Waals surface area contributed by atoms with Gasteiger partial charge in [-0.1, -0.05) is 70.7 Å². The summed E-state index contributed by atoms with van der Waals surface area (Å²) in [6, 6.07) is 20.3. The van der Waals surface area contributed by atoms with Crippen molar-refractivity contribution in [3.63, 3.8) is 0 Å². The topological polar surface area (TPSA) is 180 Å². The summed E-state index contributed by atoms with van der Waals surface area (Å²) in [4.78, 5) is 16.8. The van der Waals surface area contributed by atoms with Gasteiger partial charge in [0.15, 0.2) is 6.10 Å². The summed E-state index contributed by atoms with van der Waals surface area (Å²) >= 11 is 25.6. The Morgan fingerprint density at radius 1 is 0.690 bits per heavy atom. The fourth-order valence-corrected chi connectivity index (χ4v) is 10.7. The van der Waals surface area contributed by atoms with E-state index in [9.17, 15) is 31.8 Å². The molecule has 6 rings (SSSR count). The maximum absolute atomic E-state index is 13.2. The molecular weight excluding hydrogens is 870 g/mol. The number of sulfonamides is 2. The molecule has 312 valence electrons. The van der Waals surface area contributed by atoms with Gasteiger partial charge in [-0.15, -0.1) is 0 Å². The molecule has 2 aliphatic heterocycles. The predicted molar refractivity (Wildman–Crippen MR) is 226 cm³/mol. The van der Waals surface area contributed by atoms with Gasteiger partial charge in [-0.25, -0.2) is 26.3 Å². The smallest absolute Gasteiger partial charge is 0.253 e. The highest BCUT2D eigenvalue weighted by Gasteiger charge is 2.30. The number of hydrogen-bond acceptors (Lipinski definition) is 10. The van der Waals surface area contributed by atoms with Gasteiger partial charge in [0.05, 0.1) is 9.79 Å². The van der Waals surface area contributed by atoms with Gasteiger partial charge in [0.1, 0.15) is 6.23 Å². The molecule has 2 aliphatic rings. The number of nitrogens with zero attached hydrogens (tertiary/aromatic N) is 2. The van der Waals surface area contributed by atoms with Gasteiger partial charge in [-0.3, -0.25) is 10.1 Å². The zero-order valence-corrected chi connectivity index (χ0v) is 36.2. The molecule has 4 atom stereocenters. The van der Waals surface area contributed by atoms with Crippen molar-refractivity contribution in [3.05, 3.63) is 126 Å². The molecule has 58 heavy (non-hydrogen) atoms. The van der Waals surface area contributed by atoms with Crippen LogP contribution >= 0.6 is 46.4 Å². The van der Waals surface area contributed by atoms with E-state index >= 15 is 0 Å². The summed E-state index contributed by atoms with van der Waals surface area (Å²) in [5.74, 6) is -1.31. The zero-order valence-electron chi connectivity index (χ0n) is 31.6. The van der Waals surface area contributed by atoms with Crippen LogP contribution in [0, 0.1) is 0 Å².